The first-order chi connectivity index (χ1) is 10.4. The number of carbonyl (C=O) groups is 1. The summed E-state index contributed by atoms with van der Waals surface area (Å²) in [6, 6.07) is 3.82. The number of ether oxygens (including phenoxy) is 1. The van der Waals surface area contributed by atoms with E-state index < -0.39 is 35.7 Å². The van der Waals surface area contributed by atoms with Crippen LogP contribution < -0.4 is 11.2 Å². The Morgan fingerprint density at radius 2 is 1.57 bits per heavy atom. The number of rotatable bonds is 5. The third-order valence-electron chi connectivity index (χ3n) is 2.23. The standard InChI is InChI=1S/C11H8F7N3O2/c12-9(13,10(14,15)23-11(16,17)18)7(20-21-8(19)22)6-4-2-1-3-5-6/h1-5H,(H3,19,21,22)/b20-7-. The molecule has 2 amide bonds. The molecule has 12 heteroatoms. The fourth-order valence-corrected chi connectivity index (χ4v) is 1.37. The van der Waals surface area contributed by atoms with Crippen molar-refractivity contribution in [2.24, 2.45) is 10.8 Å². The number of benzene rings is 1. The summed E-state index contributed by atoms with van der Waals surface area (Å²) in [6.07, 6.45) is -12.0. The lowest BCUT2D eigenvalue weighted by molar-refractivity contribution is -0.455. The van der Waals surface area contributed by atoms with Crippen molar-refractivity contribution in [3.8, 4) is 0 Å². The van der Waals surface area contributed by atoms with Gasteiger partial charge < -0.3 is 5.73 Å². The molecule has 0 fully saturated rings. The van der Waals surface area contributed by atoms with Crippen LogP contribution in [0.3, 0.4) is 0 Å². The van der Waals surface area contributed by atoms with Gasteiger partial charge in [-0.3, -0.25) is 0 Å². The molecular weight excluding hydrogens is 339 g/mol. The van der Waals surface area contributed by atoms with Crippen molar-refractivity contribution in [3.05, 3.63) is 35.9 Å². The van der Waals surface area contributed by atoms with Gasteiger partial charge in [-0.1, -0.05) is 30.3 Å². The topological polar surface area (TPSA) is 76.7 Å². The minimum absolute atomic E-state index is 0.684. The van der Waals surface area contributed by atoms with Crippen LogP contribution in [-0.4, -0.2) is 30.1 Å². The van der Waals surface area contributed by atoms with Crippen molar-refractivity contribution in [3.63, 3.8) is 0 Å². The first-order valence-corrected chi connectivity index (χ1v) is 5.58. The van der Waals surface area contributed by atoms with Crippen LogP contribution in [0.1, 0.15) is 5.56 Å². The summed E-state index contributed by atoms with van der Waals surface area (Å²) in [5.41, 5.74) is 3.28. The van der Waals surface area contributed by atoms with Gasteiger partial charge in [-0.15, -0.1) is 13.2 Å². The summed E-state index contributed by atoms with van der Waals surface area (Å²) in [5, 5.41) is 2.68. The van der Waals surface area contributed by atoms with E-state index >= 15 is 0 Å². The molecule has 1 aromatic rings. The van der Waals surface area contributed by atoms with E-state index in [0.29, 0.717) is 0 Å². The second kappa shape index (κ2) is 6.40. The number of nitrogens with zero attached hydrogens (tertiary/aromatic N) is 1. The van der Waals surface area contributed by atoms with E-state index in [0.717, 1.165) is 24.3 Å². The molecule has 128 valence electrons. The third kappa shape index (κ3) is 4.81. The fourth-order valence-electron chi connectivity index (χ4n) is 1.37. The van der Waals surface area contributed by atoms with Gasteiger partial charge in [0.1, 0.15) is 5.71 Å². The maximum atomic E-state index is 13.8. The number of alkyl halides is 7. The highest BCUT2D eigenvalue weighted by Crippen LogP contribution is 2.42. The van der Waals surface area contributed by atoms with E-state index in [1.165, 1.54) is 11.5 Å². The summed E-state index contributed by atoms with van der Waals surface area (Å²) in [5.74, 6) is -5.54. The van der Waals surface area contributed by atoms with Gasteiger partial charge in [-0.25, -0.2) is 15.0 Å². The van der Waals surface area contributed by atoms with Crippen molar-refractivity contribution in [1.82, 2.24) is 5.43 Å². The molecule has 0 saturated heterocycles. The molecule has 1 aromatic carbocycles. The van der Waals surface area contributed by atoms with Gasteiger partial charge in [-0.2, -0.15) is 22.7 Å². The number of nitrogens with two attached hydrogens (primary N) is 1. The smallest absolute Gasteiger partial charge is 0.350 e. The summed E-state index contributed by atoms with van der Waals surface area (Å²) in [7, 11) is 0. The van der Waals surface area contributed by atoms with Crippen LogP contribution >= 0.6 is 0 Å². The Kier molecular flexibility index (Phi) is 5.20. The first-order valence-electron chi connectivity index (χ1n) is 5.58. The fraction of sp³-hybridized carbons (Fsp3) is 0.273. The number of carbonyl (C=O) groups excluding carboxylic acids is 1. The largest absolute Gasteiger partial charge is 0.527 e. The SMILES string of the molecule is NC(=O)N/N=C(/c1ccccc1)C(F)(F)C(F)(F)OC(F)(F)F. The van der Waals surface area contributed by atoms with Gasteiger partial charge in [0.05, 0.1) is 0 Å². The minimum atomic E-state index is -6.04. The monoisotopic (exact) mass is 347 g/mol. The number of amides is 2. The van der Waals surface area contributed by atoms with E-state index in [2.05, 4.69) is 15.6 Å². The summed E-state index contributed by atoms with van der Waals surface area (Å²) in [6.45, 7) is 0. The van der Waals surface area contributed by atoms with Gasteiger partial charge in [-0.05, 0) is 0 Å². The lowest BCUT2D eigenvalue weighted by atomic mass is 10.0. The molecule has 0 saturated carbocycles. The molecule has 0 heterocycles. The second-order valence-corrected chi connectivity index (χ2v) is 3.94. The first kappa shape index (κ1) is 18.7. The van der Waals surface area contributed by atoms with Crippen LogP contribution in [0.15, 0.2) is 35.4 Å². The summed E-state index contributed by atoms with van der Waals surface area (Å²) >= 11 is 0. The molecule has 0 bridgehead atoms. The van der Waals surface area contributed by atoms with Gasteiger partial charge >= 0.3 is 24.4 Å². The second-order valence-electron chi connectivity index (χ2n) is 3.94. The Labute approximate surface area is 123 Å². The predicted octanol–water partition coefficient (Wildman–Crippen LogP) is 2.82. The van der Waals surface area contributed by atoms with E-state index in [9.17, 15) is 35.5 Å². The molecular formula is C11H8F7N3O2. The molecule has 23 heavy (non-hydrogen) atoms. The van der Waals surface area contributed by atoms with Crippen LogP contribution in [0, 0.1) is 0 Å². The van der Waals surface area contributed by atoms with E-state index in [1.807, 2.05) is 0 Å². The molecule has 0 aromatic heterocycles. The van der Waals surface area contributed by atoms with Crippen LogP contribution in [0.2, 0.25) is 0 Å². The van der Waals surface area contributed by atoms with E-state index in [4.69, 9.17) is 0 Å². The molecule has 0 spiro atoms. The lowest BCUT2D eigenvalue weighted by Crippen LogP contribution is -2.52. The quantitative estimate of drug-likeness (QED) is 0.488. The number of hydrogen-bond acceptors (Lipinski definition) is 3. The van der Waals surface area contributed by atoms with Gasteiger partial charge in [0.2, 0.25) is 0 Å². The van der Waals surface area contributed by atoms with Gasteiger partial charge in [0, 0.05) is 5.56 Å². The van der Waals surface area contributed by atoms with Crippen LogP contribution in [0.5, 0.6) is 0 Å². The van der Waals surface area contributed by atoms with Crippen LogP contribution in [0.25, 0.3) is 0 Å². The van der Waals surface area contributed by atoms with E-state index in [-0.39, 0.29) is 0 Å². The van der Waals surface area contributed by atoms with Gasteiger partial charge in [0.15, 0.2) is 0 Å². The molecule has 0 unspecified atom stereocenters. The van der Waals surface area contributed by atoms with E-state index in [1.54, 1.807) is 0 Å². The van der Waals surface area contributed by atoms with Crippen molar-refractivity contribution in [2.75, 3.05) is 0 Å². The molecule has 1 rings (SSSR count). The Bertz CT molecular complexity index is 587. The Morgan fingerprint density at radius 1 is 1.04 bits per heavy atom. The zero-order valence-corrected chi connectivity index (χ0v) is 10.9. The average molecular weight is 347 g/mol. The molecule has 0 atom stereocenters. The number of urea groups is 1. The van der Waals surface area contributed by atoms with Crippen molar-refractivity contribution in [2.45, 2.75) is 18.4 Å². The van der Waals surface area contributed by atoms with Crippen molar-refractivity contribution in [1.29, 1.82) is 0 Å². The highest BCUT2D eigenvalue weighted by molar-refractivity contribution is 6.06. The number of primary amides is 1. The highest BCUT2D eigenvalue weighted by atomic mass is 19.4. The van der Waals surface area contributed by atoms with Crippen molar-refractivity contribution >= 4 is 11.7 Å². The maximum absolute atomic E-state index is 13.8. The molecule has 5 nitrogen and oxygen atoms in total. The van der Waals surface area contributed by atoms with Crippen LogP contribution in [0.4, 0.5) is 35.5 Å². The predicted molar refractivity (Wildman–Crippen MR) is 62.7 cm³/mol. The molecule has 0 aliphatic rings. The summed E-state index contributed by atoms with van der Waals surface area (Å²) in [4.78, 5) is 10.5. The number of hydrogen-bond donors (Lipinski definition) is 2. The zero-order chi connectivity index (χ0) is 17.9. The van der Waals surface area contributed by atoms with Crippen molar-refractivity contribution < 1.29 is 40.3 Å². The summed E-state index contributed by atoms with van der Waals surface area (Å²) < 4.78 is 92.0. The number of nitrogens with one attached hydrogen (secondary N) is 1. The molecule has 3 N–H and O–H groups in total. The zero-order valence-electron chi connectivity index (χ0n) is 10.9. The Hall–Kier alpha value is -2.37. The Morgan fingerprint density at radius 3 is 2.00 bits per heavy atom. The lowest BCUT2D eigenvalue weighted by Gasteiger charge is -2.27. The van der Waals surface area contributed by atoms with Gasteiger partial charge in [0.25, 0.3) is 0 Å². The minimum Gasteiger partial charge on any atom is -0.350 e. The molecule has 0 aliphatic heterocycles. The normalized spacial score (nSPS) is 13.8. The molecule has 0 radical (unpaired) electrons. The third-order valence-corrected chi connectivity index (χ3v) is 2.23. The number of halogens is 7. The highest BCUT2D eigenvalue weighted by Gasteiger charge is 2.66. The number of hydrazone groups is 1. The van der Waals surface area contributed by atoms with Crippen LogP contribution in [-0.2, 0) is 4.74 Å². The maximum Gasteiger partial charge on any atom is 0.527 e. The average Bonchev–Trinajstić information content (AvgIpc) is 2.36. The molecule has 0 aliphatic carbocycles. The Balaban J connectivity index is 3.34.